The maximum Gasteiger partial charge on any atom is 0.333 e. The minimum atomic E-state index is -1.10. The lowest BCUT2D eigenvalue weighted by Gasteiger charge is -1.98. The Morgan fingerprint density at radius 2 is 2.44 bits per heavy atom. The molecule has 0 amide bonds. The van der Waals surface area contributed by atoms with Crippen LogP contribution in [0.3, 0.4) is 0 Å². The summed E-state index contributed by atoms with van der Waals surface area (Å²) < 4.78 is 4.61. The van der Waals surface area contributed by atoms with Crippen LogP contribution >= 0.6 is 0 Å². The third-order valence-electron chi connectivity index (χ3n) is 0.577. The zero-order valence-corrected chi connectivity index (χ0v) is 5.13. The highest BCUT2D eigenvalue weighted by atomic mass is 16.5. The molecule has 9 heavy (non-hydrogen) atoms. The van der Waals surface area contributed by atoms with Crippen LogP contribution in [-0.4, -0.2) is 17.7 Å². The highest BCUT2D eigenvalue weighted by Gasteiger charge is 1.92. The zero-order chi connectivity index (χ0) is 7.28. The molecule has 4 heteroatoms. The molecule has 0 aromatic carbocycles. The first kappa shape index (κ1) is 7.81. The van der Waals surface area contributed by atoms with Crippen LogP contribution in [0.15, 0.2) is 12.0 Å². The van der Waals surface area contributed by atoms with E-state index < -0.39 is 5.97 Å². The molecule has 0 saturated carbocycles. The van der Waals surface area contributed by atoms with Gasteiger partial charge in [-0.2, -0.15) is 0 Å². The van der Waals surface area contributed by atoms with Crippen molar-refractivity contribution < 1.29 is 14.6 Å². The van der Waals surface area contributed by atoms with Gasteiger partial charge >= 0.3 is 5.97 Å². The van der Waals surface area contributed by atoms with Gasteiger partial charge in [0.1, 0.15) is 0 Å². The van der Waals surface area contributed by atoms with Crippen LogP contribution < -0.4 is 5.73 Å². The summed E-state index contributed by atoms with van der Waals surface area (Å²) in [5.41, 5.74) is 5.04. The maximum atomic E-state index is 9.85. The van der Waals surface area contributed by atoms with E-state index >= 15 is 0 Å². The molecule has 52 valence electrons. The lowest BCUT2D eigenvalue weighted by molar-refractivity contribution is -0.131. The van der Waals surface area contributed by atoms with Crippen LogP contribution in [0.4, 0.5) is 0 Å². The SMILES string of the molecule is CCO/C(N)=C\C(=O)O. The lowest BCUT2D eigenvalue weighted by atomic mass is 10.6. The molecule has 0 bridgehead atoms. The summed E-state index contributed by atoms with van der Waals surface area (Å²) in [6.07, 6.45) is 0.809. The van der Waals surface area contributed by atoms with Gasteiger partial charge < -0.3 is 15.6 Å². The number of carbonyl (C=O) groups is 1. The van der Waals surface area contributed by atoms with E-state index in [9.17, 15) is 4.79 Å². The first-order valence-corrected chi connectivity index (χ1v) is 2.49. The molecular formula is C5H9NO3. The summed E-state index contributed by atoms with van der Waals surface area (Å²) >= 11 is 0. The van der Waals surface area contributed by atoms with Crippen molar-refractivity contribution in [2.24, 2.45) is 5.73 Å². The van der Waals surface area contributed by atoms with Crippen molar-refractivity contribution in [2.75, 3.05) is 6.61 Å². The molecule has 0 aliphatic carbocycles. The van der Waals surface area contributed by atoms with Gasteiger partial charge in [0.15, 0.2) is 5.88 Å². The van der Waals surface area contributed by atoms with Crippen LogP contribution in [0, 0.1) is 0 Å². The minimum absolute atomic E-state index is 0.0648. The molecule has 0 aliphatic rings. The summed E-state index contributed by atoms with van der Waals surface area (Å²) in [5.74, 6) is -1.16. The fraction of sp³-hybridized carbons (Fsp3) is 0.400. The number of hydrogen-bond donors (Lipinski definition) is 2. The van der Waals surface area contributed by atoms with Crippen molar-refractivity contribution in [1.29, 1.82) is 0 Å². The van der Waals surface area contributed by atoms with Gasteiger partial charge in [-0.15, -0.1) is 0 Å². The van der Waals surface area contributed by atoms with Crippen LogP contribution in [0.1, 0.15) is 6.92 Å². The fourth-order valence-electron chi connectivity index (χ4n) is 0.330. The quantitative estimate of drug-likeness (QED) is 0.414. The molecule has 0 aromatic rings. The molecule has 0 radical (unpaired) electrons. The van der Waals surface area contributed by atoms with Gasteiger partial charge in [0.2, 0.25) is 0 Å². The van der Waals surface area contributed by atoms with E-state index in [4.69, 9.17) is 10.8 Å². The summed E-state index contributed by atoms with van der Waals surface area (Å²) in [4.78, 5) is 9.85. The van der Waals surface area contributed by atoms with Crippen LogP contribution in [0.25, 0.3) is 0 Å². The minimum Gasteiger partial charge on any atom is -0.479 e. The molecule has 4 nitrogen and oxygen atoms in total. The van der Waals surface area contributed by atoms with E-state index in [1.807, 2.05) is 0 Å². The molecule has 0 heterocycles. The second-order valence-electron chi connectivity index (χ2n) is 1.32. The van der Waals surface area contributed by atoms with Gasteiger partial charge in [-0.25, -0.2) is 4.79 Å². The Hall–Kier alpha value is -1.19. The van der Waals surface area contributed by atoms with Crippen molar-refractivity contribution in [2.45, 2.75) is 6.92 Å². The topological polar surface area (TPSA) is 72.5 Å². The van der Waals surface area contributed by atoms with Crippen molar-refractivity contribution >= 4 is 5.97 Å². The first-order valence-electron chi connectivity index (χ1n) is 2.49. The largest absolute Gasteiger partial charge is 0.479 e. The fourth-order valence-corrected chi connectivity index (χ4v) is 0.330. The molecule has 0 spiro atoms. The molecular weight excluding hydrogens is 122 g/mol. The van der Waals surface area contributed by atoms with Crippen LogP contribution in [0.2, 0.25) is 0 Å². The standard InChI is InChI=1S/C5H9NO3/c1-2-9-4(6)3-5(7)8/h3H,2,6H2,1H3,(H,7,8)/b4-3-. The number of carboxylic acid groups (broad SMARTS) is 1. The molecule has 0 atom stereocenters. The number of aliphatic carboxylic acids is 1. The lowest BCUT2D eigenvalue weighted by Crippen LogP contribution is -2.05. The molecule has 0 aromatic heterocycles. The third kappa shape index (κ3) is 4.67. The van der Waals surface area contributed by atoms with Crippen molar-refractivity contribution in [1.82, 2.24) is 0 Å². The van der Waals surface area contributed by atoms with Gasteiger partial charge in [0.05, 0.1) is 12.7 Å². The number of rotatable bonds is 3. The molecule has 3 N–H and O–H groups in total. The number of hydrogen-bond acceptors (Lipinski definition) is 3. The molecule has 0 aliphatic heterocycles. The monoisotopic (exact) mass is 131 g/mol. The van der Waals surface area contributed by atoms with Crippen LogP contribution in [-0.2, 0) is 9.53 Å². The molecule has 0 saturated heterocycles. The second kappa shape index (κ2) is 3.77. The number of ether oxygens (including phenoxy) is 1. The first-order chi connectivity index (χ1) is 4.16. The summed E-state index contributed by atoms with van der Waals surface area (Å²) in [7, 11) is 0. The van der Waals surface area contributed by atoms with Gasteiger partial charge in [-0.05, 0) is 6.92 Å². The number of nitrogens with two attached hydrogens (primary N) is 1. The van der Waals surface area contributed by atoms with Crippen LogP contribution in [0.5, 0.6) is 0 Å². The third-order valence-corrected chi connectivity index (χ3v) is 0.577. The van der Waals surface area contributed by atoms with E-state index in [0.717, 1.165) is 6.08 Å². The van der Waals surface area contributed by atoms with E-state index in [1.54, 1.807) is 6.92 Å². The zero-order valence-electron chi connectivity index (χ0n) is 5.13. The van der Waals surface area contributed by atoms with Gasteiger partial charge in [0.25, 0.3) is 0 Å². The van der Waals surface area contributed by atoms with Gasteiger partial charge in [-0.3, -0.25) is 0 Å². The predicted molar refractivity (Wildman–Crippen MR) is 31.5 cm³/mol. The van der Waals surface area contributed by atoms with Gasteiger partial charge in [-0.1, -0.05) is 0 Å². The Morgan fingerprint density at radius 3 is 2.78 bits per heavy atom. The Kier molecular flexibility index (Phi) is 3.27. The van der Waals surface area contributed by atoms with E-state index in [1.165, 1.54) is 0 Å². The average molecular weight is 131 g/mol. The molecule has 0 fully saturated rings. The summed E-state index contributed by atoms with van der Waals surface area (Å²) in [6, 6.07) is 0. The van der Waals surface area contributed by atoms with Crippen molar-refractivity contribution in [3.63, 3.8) is 0 Å². The Balaban J connectivity index is 3.69. The Morgan fingerprint density at radius 1 is 1.89 bits per heavy atom. The summed E-state index contributed by atoms with van der Waals surface area (Å²) in [5, 5.41) is 8.07. The Labute approximate surface area is 52.9 Å². The van der Waals surface area contributed by atoms with E-state index in [0.29, 0.717) is 6.61 Å². The summed E-state index contributed by atoms with van der Waals surface area (Å²) in [6.45, 7) is 2.11. The highest BCUT2D eigenvalue weighted by Crippen LogP contribution is 1.84. The van der Waals surface area contributed by atoms with Crippen molar-refractivity contribution in [3.05, 3.63) is 12.0 Å². The smallest absolute Gasteiger partial charge is 0.333 e. The Bertz CT molecular complexity index is 130. The predicted octanol–water partition coefficient (Wildman–Crippen LogP) is -0.0924. The van der Waals surface area contributed by atoms with Gasteiger partial charge in [0, 0.05) is 0 Å². The average Bonchev–Trinajstić information content (AvgIpc) is 1.63. The maximum absolute atomic E-state index is 9.85. The molecule has 0 rings (SSSR count). The normalized spacial score (nSPS) is 11.0. The highest BCUT2D eigenvalue weighted by molar-refractivity contribution is 5.80. The number of carboxylic acids is 1. The molecule has 0 unspecified atom stereocenters. The van der Waals surface area contributed by atoms with E-state index in [2.05, 4.69) is 4.74 Å². The van der Waals surface area contributed by atoms with Crippen molar-refractivity contribution in [3.8, 4) is 0 Å². The van der Waals surface area contributed by atoms with E-state index in [-0.39, 0.29) is 5.88 Å². The second-order valence-corrected chi connectivity index (χ2v) is 1.32.